The van der Waals surface area contributed by atoms with Crippen LogP contribution in [-0.2, 0) is 57.6 Å². The topological polar surface area (TPSA) is 408 Å². The maximum absolute atomic E-state index is 14.0. The van der Waals surface area contributed by atoms with Crippen molar-refractivity contribution in [3.63, 3.8) is 0 Å². The molecule has 7 amide bonds. The first-order valence-corrected chi connectivity index (χ1v) is 22.5. The zero-order valence-corrected chi connectivity index (χ0v) is 39.1. The van der Waals surface area contributed by atoms with Crippen molar-refractivity contribution in [2.75, 3.05) is 19.7 Å². The van der Waals surface area contributed by atoms with Gasteiger partial charge in [0, 0.05) is 36.5 Å². The number of carboxylic acids is 1. The van der Waals surface area contributed by atoms with E-state index >= 15 is 0 Å². The number of aliphatic carboxylic acids is 1. The molecule has 0 aliphatic carbocycles. The number of guanidine groups is 1. The normalized spacial score (nSPS) is 14.4. The third-order valence-electron chi connectivity index (χ3n) is 11.0. The standard InChI is InChI=1S/C47H62N12O12/c1-25(54-38(63)23-53-42(66)34(13-8-18-51-47(49)50)55-41(65)32(48)19-27-9-4-3-5-10-27)40(64)58-37(24-60)44(68)56-35(21-29-22-52-33-12-7-6-11-31(29)33)43(67)59-39(26(2)61)45(69)57-36(46(70)71)20-28-14-16-30(62)17-15-28/h3-7,9-12,14-17,22,25-26,32,34-37,39,52,60-62H,8,13,18-21,23-24,48H2,1-2H3,(H,53,66)(H,54,63)(H,55,65)(H,56,68)(H,57,69)(H,58,64)(H,59,67)(H,70,71)(H4,49,50,51)/t25-,26+,32-,34-,35-,36-,37-,39-/m0/s1. The third-order valence-corrected chi connectivity index (χ3v) is 11.0. The number of phenols is 1. The highest BCUT2D eigenvalue weighted by Crippen LogP contribution is 2.20. The number of aromatic nitrogens is 1. The molecule has 18 N–H and O–H groups in total. The largest absolute Gasteiger partial charge is 0.508 e. The van der Waals surface area contributed by atoms with Gasteiger partial charge in [0.05, 0.1) is 25.3 Å². The Kier molecular flexibility index (Phi) is 21.3. The summed E-state index contributed by atoms with van der Waals surface area (Å²) in [4.78, 5) is 113. The fourth-order valence-electron chi connectivity index (χ4n) is 7.14. The van der Waals surface area contributed by atoms with Gasteiger partial charge in [0.15, 0.2) is 5.96 Å². The number of nitrogens with two attached hydrogens (primary N) is 3. The Bertz CT molecular complexity index is 2500. The van der Waals surface area contributed by atoms with E-state index in [0.717, 1.165) is 5.56 Å². The number of aliphatic hydroxyl groups is 2. The Morgan fingerprint density at radius 2 is 1.27 bits per heavy atom. The number of aromatic hydroxyl groups is 1. The van der Waals surface area contributed by atoms with Gasteiger partial charge in [-0.05, 0) is 68.0 Å². The molecule has 1 aromatic heterocycles. The van der Waals surface area contributed by atoms with Crippen LogP contribution in [0.1, 0.15) is 43.4 Å². The Balaban J connectivity index is 1.40. The number of phenolic OH excluding ortho intramolecular Hbond substituents is 1. The van der Waals surface area contributed by atoms with Crippen molar-refractivity contribution in [2.24, 2.45) is 22.2 Å². The van der Waals surface area contributed by atoms with Crippen molar-refractivity contribution >= 4 is 64.2 Å². The molecule has 4 aromatic rings. The summed E-state index contributed by atoms with van der Waals surface area (Å²) in [6.07, 6.45) is 0.0760. The number of carboxylic acid groups (broad SMARTS) is 1. The zero-order chi connectivity index (χ0) is 52.2. The number of aliphatic imine (C=N–C) groups is 1. The van der Waals surface area contributed by atoms with Gasteiger partial charge in [-0.2, -0.15) is 0 Å². The van der Waals surface area contributed by atoms with Crippen LogP contribution in [-0.4, -0.2) is 147 Å². The molecule has 0 saturated carbocycles. The minimum absolute atomic E-state index is 0.0623. The maximum atomic E-state index is 14.0. The molecule has 0 fully saturated rings. The molecule has 1 heterocycles. The number of para-hydroxylation sites is 1. The average molecular weight is 987 g/mol. The molecule has 0 bridgehead atoms. The molecule has 0 aliphatic rings. The molecule has 8 atom stereocenters. The van der Waals surface area contributed by atoms with Crippen LogP contribution in [0, 0.1) is 0 Å². The van der Waals surface area contributed by atoms with Crippen LogP contribution in [0.4, 0.5) is 0 Å². The highest BCUT2D eigenvalue weighted by molar-refractivity contribution is 5.97. The summed E-state index contributed by atoms with van der Waals surface area (Å²) in [6.45, 7) is 0.939. The molecule has 0 saturated heterocycles. The van der Waals surface area contributed by atoms with E-state index in [-0.39, 0.29) is 50.4 Å². The van der Waals surface area contributed by atoms with E-state index in [2.05, 4.69) is 47.2 Å². The number of hydrogen-bond acceptors (Lipinski definition) is 13. The number of fused-ring (bicyclic) bond motifs is 1. The fourth-order valence-corrected chi connectivity index (χ4v) is 7.14. The second-order valence-corrected chi connectivity index (χ2v) is 16.7. The summed E-state index contributed by atoms with van der Waals surface area (Å²) in [7, 11) is 0. The molecule has 382 valence electrons. The lowest BCUT2D eigenvalue weighted by atomic mass is 10.0. The fraction of sp³-hybridized carbons (Fsp3) is 0.383. The summed E-state index contributed by atoms with van der Waals surface area (Å²) >= 11 is 0. The van der Waals surface area contributed by atoms with Crippen molar-refractivity contribution in [3.8, 4) is 5.75 Å². The first-order valence-electron chi connectivity index (χ1n) is 22.5. The lowest BCUT2D eigenvalue weighted by Crippen LogP contribution is -2.61. The first kappa shape index (κ1) is 55.5. The van der Waals surface area contributed by atoms with Gasteiger partial charge in [-0.25, -0.2) is 4.79 Å². The van der Waals surface area contributed by atoms with E-state index < -0.39 is 109 Å². The number of benzene rings is 3. The van der Waals surface area contributed by atoms with Crippen LogP contribution >= 0.6 is 0 Å². The van der Waals surface area contributed by atoms with Gasteiger partial charge in [-0.1, -0.05) is 60.7 Å². The van der Waals surface area contributed by atoms with E-state index in [0.29, 0.717) is 22.0 Å². The van der Waals surface area contributed by atoms with Gasteiger partial charge in [0.2, 0.25) is 41.4 Å². The lowest BCUT2D eigenvalue weighted by Gasteiger charge is -2.27. The number of H-pyrrole nitrogens is 1. The Morgan fingerprint density at radius 1 is 0.662 bits per heavy atom. The lowest BCUT2D eigenvalue weighted by molar-refractivity contribution is -0.143. The Hall–Kier alpha value is -8.09. The van der Waals surface area contributed by atoms with Crippen molar-refractivity contribution < 1.29 is 58.8 Å². The minimum Gasteiger partial charge on any atom is -0.508 e. The van der Waals surface area contributed by atoms with Gasteiger partial charge in [-0.15, -0.1) is 0 Å². The Labute approximate surface area is 408 Å². The third kappa shape index (κ3) is 17.7. The van der Waals surface area contributed by atoms with E-state index in [4.69, 9.17) is 17.2 Å². The number of carbonyl (C=O) groups is 8. The number of aromatic amines is 1. The second kappa shape index (κ2) is 27.2. The van der Waals surface area contributed by atoms with Crippen LogP contribution in [0.25, 0.3) is 10.9 Å². The number of nitrogens with zero attached hydrogens (tertiary/aromatic N) is 1. The second-order valence-electron chi connectivity index (χ2n) is 16.7. The highest BCUT2D eigenvalue weighted by atomic mass is 16.4. The van der Waals surface area contributed by atoms with Crippen molar-refractivity contribution in [2.45, 2.75) is 94.3 Å². The van der Waals surface area contributed by atoms with Gasteiger partial charge < -0.3 is 79.8 Å². The van der Waals surface area contributed by atoms with Crippen molar-refractivity contribution in [1.29, 1.82) is 0 Å². The number of carbonyl (C=O) groups excluding carboxylic acids is 7. The number of rotatable bonds is 27. The molecule has 0 unspecified atom stereocenters. The van der Waals surface area contributed by atoms with Gasteiger partial charge >= 0.3 is 5.97 Å². The van der Waals surface area contributed by atoms with Gasteiger partial charge in [0.25, 0.3) is 0 Å². The highest BCUT2D eigenvalue weighted by Gasteiger charge is 2.34. The summed E-state index contributed by atoms with van der Waals surface area (Å²) in [5.74, 6) is -7.99. The predicted octanol–water partition coefficient (Wildman–Crippen LogP) is -3.22. The van der Waals surface area contributed by atoms with Gasteiger partial charge in [0.1, 0.15) is 42.0 Å². The molecular weight excluding hydrogens is 925 g/mol. The predicted molar refractivity (Wildman–Crippen MR) is 259 cm³/mol. The quantitative estimate of drug-likeness (QED) is 0.0159. The monoisotopic (exact) mass is 986 g/mol. The number of hydrogen-bond donors (Lipinski definition) is 15. The van der Waals surface area contributed by atoms with E-state index in [9.17, 15) is 58.8 Å². The molecule has 3 aromatic carbocycles. The smallest absolute Gasteiger partial charge is 0.326 e. The van der Waals surface area contributed by atoms with Crippen LogP contribution < -0.4 is 54.4 Å². The molecule has 4 rings (SSSR count). The van der Waals surface area contributed by atoms with Crippen LogP contribution in [0.15, 0.2) is 90.1 Å². The van der Waals surface area contributed by atoms with E-state index in [1.54, 1.807) is 54.7 Å². The zero-order valence-electron chi connectivity index (χ0n) is 39.1. The van der Waals surface area contributed by atoms with Crippen molar-refractivity contribution in [3.05, 3.63) is 102 Å². The molecule has 0 radical (unpaired) electrons. The summed E-state index contributed by atoms with van der Waals surface area (Å²) in [6, 6.07) is 11.6. The molecule has 0 aliphatic heterocycles. The van der Waals surface area contributed by atoms with Crippen LogP contribution in [0.3, 0.4) is 0 Å². The number of nitrogens with one attached hydrogen (secondary N) is 8. The van der Waals surface area contributed by atoms with E-state index in [1.807, 2.05) is 6.07 Å². The number of amides is 7. The van der Waals surface area contributed by atoms with Crippen LogP contribution in [0.2, 0.25) is 0 Å². The molecular formula is C47H62N12O12. The maximum Gasteiger partial charge on any atom is 0.326 e. The average Bonchev–Trinajstić information content (AvgIpc) is 3.74. The minimum atomic E-state index is -1.74. The summed E-state index contributed by atoms with van der Waals surface area (Å²) in [5, 5.41) is 57.9. The summed E-state index contributed by atoms with van der Waals surface area (Å²) < 4.78 is 0. The molecule has 24 heteroatoms. The van der Waals surface area contributed by atoms with Gasteiger partial charge in [-0.3, -0.25) is 38.6 Å². The number of aliphatic hydroxyl groups excluding tert-OH is 2. The molecule has 24 nitrogen and oxygen atoms in total. The Morgan fingerprint density at radius 3 is 1.92 bits per heavy atom. The molecule has 0 spiro atoms. The SMILES string of the molecule is C[C@H](NC(=O)CNC(=O)[C@H](CCCN=C(N)N)NC(=O)[C@@H](N)Cc1ccccc1)C(=O)N[C@@H](CO)C(=O)N[C@@H](Cc1c[nH]c2ccccc12)C(=O)N[C@H](C(=O)N[C@@H](Cc1ccc(O)cc1)C(=O)O)[C@@H](C)O. The van der Waals surface area contributed by atoms with Crippen molar-refractivity contribution in [1.82, 2.24) is 42.2 Å². The first-order chi connectivity index (χ1) is 33.8. The van der Waals surface area contributed by atoms with E-state index in [1.165, 1.54) is 38.1 Å². The summed E-state index contributed by atoms with van der Waals surface area (Å²) in [5.41, 5.74) is 19.4. The molecule has 71 heavy (non-hydrogen) atoms. The van der Waals surface area contributed by atoms with Crippen LogP contribution in [0.5, 0.6) is 5.75 Å².